The molecule has 1 aromatic rings. The van der Waals surface area contributed by atoms with Crippen molar-refractivity contribution in [1.82, 2.24) is 4.31 Å². The molecule has 0 amide bonds. The highest BCUT2D eigenvalue weighted by molar-refractivity contribution is 7.89. The highest BCUT2D eigenvalue weighted by atomic mass is 32.2. The van der Waals surface area contributed by atoms with Crippen LogP contribution in [0.5, 0.6) is 5.75 Å². The Hall–Kier alpha value is -1.07. The molecule has 0 aromatic heterocycles. The van der Waals surface area contributed by atoms with Crippen molar-refractivity contribution in [2.75, 3.05) is 19.7 Å². The maximum absolute atomic E-state index is 12.6. The van der Waals surface area contributed by atoms with E-state index in [9.17, 15) is 8.42 Å². The second-order valence-electron chi connectivity index (χ2n) is 4.76. The second-order valence-corrected chi connectivity index (χ2v) is 6.70. The molecule has 0 unspecified atom stereocenters. The lowest BCUT2D eigenvalue weighted by molar-refractivity contribution is 0.337. The molecule has 1 rings (SSSR count). The molecule has 4 nitrogen and oxygen atoms in total. The number of rotatable bonds is 8. The monoisotopic (exact) mass is 299 g/mol. The van der Waals surface area contributed by atoms with Gasteiger partial charge in [0.25, 0.3) is 0 Å². The van der Waals surface area contributed by atoms with Crippen molar-refractivity contribution in [3.05, 3.63) is 23.8 Å². The fraction of sp³-hybridized carbons (Fsp3) is 0.600. The van der Waals surface area contributed by atoms with E-state index in [-0.39, 0.29) is 0 Å². The Morgan fingerprint density at radius 3 is 2.15 bits per heavy atom. The average Bonchev–Trinajstić information content (AvgIpc) is 2.41. The Morgan fingerprint density at radius 1 is 1.10 bits per heavy atom. The van der Waals surface area contributed by atoms with Gasteiger partial charge < -0.3 is 4.74 Å². The molecule has 114 valence electrons. The molecule has 0 bridgehead atoms. The molecule has 0 N–H and O–H groups in total. The van der Waals surface area contributed by atoms with Gasteiger partial charge in [-0.1, -0.05) is 13.8 Å². The third-order valence-corrected chi connectivity index (χ3v) is 4.92. The Balaban J connectivity index is 3.10. The van der Waals surface area contributed by atoms with Crippen LogP contribution < -0.4 is 4.74 Å². The summed E-state index contributed by atoms with van der Waals surface area (Å²) < 4.78 is 32.2. The van der Waals surface area contributed by atoms with E-state index in [4.69, 9.17) is 4.74 Å². The average molecular weight is 299 g/mol. The SMILES string of the molecule is CCCN(CCC)S(=O)(=O)c1ccc(OCC)c(C)c1. The van der Waals surface area contributed by atoms with Crippen molar-refractivity contribution in [2.24, 2.45) is 0 Å². The van der Waals surface area contributed by atoms with Crippen LogP contribution >= 0.6 is 0 Å². The van der Waals surface area contributed by atoms with Crippen molar-refractivity contribution >= 4 is 10.0 Å². The number of nitrogens with zero attached hydrogens (tertiary/aromatic N) is 1. The van der Waals surface area contributed by atoms with E-state index in [1.807, 2.05) is 27.7 Å². The van der Waals surface area contributed by atoms with Gasteiger partial charge in [0.15, 0.2) is 0 Å². The first-order valence-electron chi connectivity index (χ1n) is 7.20. The normalized spacial score (nSPS) is 11.8. The smallest absolute Gasteiger partial charge is 0.243 e. The molecular weight excluding hydrogens is 274 g/mol. The Morgan fingerprint density at radius 2 is 1.70 bits per heavy atom. The first-order valence-corrected chi connectivity index (χ1v) is 8.64. The molecule has 0 saturated heterocycles. The van der Waals surface area contributed by atoms with Gasteiger partial charge in [-0.15, -0.1) is 0 Å². The van der Waals surface area contributed by atoms with Gasteiger partial charge in [0.2, 0.25) is 10.0 Å². The lowest BCUT2D eigenvalue weighted by atomic mass is 10.2. The van der Waals surface area contributed by atoms with Gasteiger partial charge in [-0.3, -0.25) is 0 Å². The summed E-state index contributed by atoms with van der Waals surface area (Å²) in [5.41, 5.74) is 0.848. The lowest BCUT2D eigenvalue weighted by Crippen LogP contribution is -2.32. The molecule has 0 radical (unpaired) electrons. The highest BCUT2D eigenvalue weighted by Gasteiger charge is 2.23. The number of hydrogen-bond donors (Lipinski definition) is 0. The van der Waals surface area contributed by atoms with Gasteiger partial charge in [0, 0.05) is 13.1 Å². The van der Waals surface area contributed by atoms with Crippen LogP contribution in [0.2, 0.25) is 0 Å². The van der Waals surface area contributed by atoms with E-state index in [1.54, 1.807) is 22.5 Å². The van der Waals surface area contributed by atoms with E-state index in [1.165, 1.54) is 0 Å². The number of aryl methyl sites for hydroxylation is 1. The Bertz CT molecular complexity index is 520. The number of hydrogen-bond acceptors (Lipinski definition) is 3. The molecule has 1 aromatic carbocycles. The van der Waals surface area contributed by atoms with E-state index >= 15 is 0 Å². The van der Waals surface area contributed by atoms with Crippen LogP contribution in [0, 0.1) is 6.92 Å². The van der Waals surface area contributed by atoms with Gasteiger partial charge in [-0.25, -0.2) is 8.42 Å². The summed E-state index contributed by atoms with van der Waals surface area (Å²) in [4.78, 5) is 0.348. The standard InChI is InChI=1S/C15H25NO3S/c1-5-10-16(11-6-2)20(17,18)14-8-9-15(19-7-3)13(4)12-14/h8-9,12H,5-7,10-11H2,1-4H3. The van der Waals surface area contributed by atoms with Crippen LogP contribution in [0.15, 0.2) is 23.1 Å². The van der Waals surface area contributed by atoms with Crippen molar-refractivity contribution in [3.63, 3.8) is 0 Å². The van der Waals surface area contributed by atoms with Crippen LogP contribution in [0.4, 0.5) is 0 Å². The Kier molecular flexibility index (Phi) is 6.49. The maximum Gasteiger partial charge on any atom is 0.243 e. The number of sulfonamides is 1. The third kappa shape index (κ3) is 3.96. The van der Waals surface area contributed by atoms with Crippen molar-refractivity contribution in [3.8, 4) is 5.75 Å². The van der Waals surface area contributed by atoms with Crippen LogP contribution in [0.3, 0.4) is 0 Å². The fourth-order valence-electron chi connectivity index (χ4n) is 2.10. The van der Waals surface area contributed by atoms with Crippen LogP contribution in [-0.2, 0) is 10.0 Å². The molecular formula is C15H25NO3S. The summed E-state index contributed by atoms with van der Waals surface area (Å²) >= 11 is 0. The Labute approximate surface area is 122 Å². The zero-order valence-corrected chi connectivity index (χ0v) is 13.7. The second kappa shape index (κ2) is 7.64. The first-order chi connectivity index (χ1) is 9.47. The summed E-state index contributed by atoms with van der Waals surface area (Å²) in [6.07, 6.45) is 1.63. The van der Waals surface area contributed by atoms with E-state index in [0.717, 1.165) is 24.2 Å². The zero-order chi connectivity index (χ0) is 15.2. The van der Waals surface area contributed by atoms with Crippen LogP contribution in [-0.4, -0.2) is 32.4 Å². The number of ether oxygens (including phenoxy) is 1. The summed E-state index contributed by atoms with van der Waals surface area (Å²) in [7, 11) is -3.40. The van der Waals surface area contributed by atoms with Crippen molar-refractivity contribution < 1.29 is 13.2 Å². The molecule has 20 heavy (non-hydrogen) atoms. The molecule has 0 aliphatic carbocycles. The largest absolute Gasteiger partial charge is 0.494 e. The van der Waals surface area contributed by atoms with E-state index < -0.39 is 10.0 Å². The van der Waals surface area contributed by atoms with Gasteiger partial charge in [-0.05, 0) is 50.5 Å². The molecule has 5 heteroatoms. The summed E-state index contributed by atoms with van der Waals surface area (Å²) in [5, 5.41) is 0. The van der Waals surface area contributed by atoms with Gasteiger partial charge >= 0.3 is 0 Å². The van der Waals surface area contributed by atoms with E-state index in [2.05, 4.69) is 0 Å². The summed E-state index contributed by atoms with van der Waals surface area (Å²) in [5.74, 6) is 0.740. The van der Waals surface area contributed by atoms with Gasteiger partial charge in [0.1, 0.15) is 5.75 Å². The minimum absolute atomic E-state index is 0.348. The predicted octanol–water partition coefficient (Wildman–Crippen LogP) is 3.20. The molecule has 0 fully saturated rings. The lowest BCUT2D eigenvalue weighted by Gasteiger charge is -2.21. The first kappa shape index (κ1) is 17.0. The van der Waals surface area contributed by atoms with Gasteiger partial charge in [0.05, 0.1) is 11.5 Å². The molecule has 0 spiro atoms. The predicted molar refractivity (Wildman–Crippen MR) is 81.7 cm³/mol. The topological polar surface area (TPSA) is 46.6 Å². The van der Waals surface area contributed by atoms with Gasteiger partial charge in [-0.2, -0.15) is 4.31 Å². The molecule has 0 aliphatic rings. The maximum atomic E-state index is 12.6. The van der Waals surface area contributed by atoms with Crippen LogP contribution in [0.25, 0.3) is 0 Å². The van der Waals surface area contributed by atoms with Crippen LogP contribution in [0.1, 0.15) is 39.2 Å². The number of benzene rings is 1. The quantitative estimate of drug-likeness (QED) is 0.740. The summed E-state index contributed by atoms with van der Waals surface area (Å²) in [6.45, 7) is 9.45. The van der Waals surface area contributed by atoms with Crippen molar-refractivity contribution in [2.45, 2.75) is 45.4 Å². The highest BCUT2D eigenvalue weighted by Crippen LogP contribution is 2.24. The molecule has 0 heterocycles. The molecule has 0 atom stereocenters. The third-order valence-electron chi connectivity index (χ3n) is 3.03. The zero-order valence-electron chi connectivity index (χ0n) is 12.8. The summed E-state index contributed by atoms with van der Waals surface area (Å²) in [6, 6.07) is 5.06. The minimum atomic E-state index is -3.40. The molecule has 0 saturated carbocycles. The van der Waals surface area contributed by atoms with E-state index in [0.29, 0.717) is 24.6 Å². The van der Waals surface area contributed by atoms with Crippen molar-refractivity contribution in [1.29, 1.82) is 0 Å². The minimum Gasteiger partial charge on any atom is -0.494 e. The fourth-order valence-corrected chi connectivity index (χ4v) is 3.81. The molecule has 0 aliphatic heterocycles.